The zero-order valence-corrected chi connectivity index (χ0v) is 28.4. The van der Waals surface area contributed by atoms with Gasteiger partial charge in [0.15, 0.2) is 0 Å². The molecule has 2 heteroatoms. The zero-order chi connectivity index (χ0) is 29.5. The van der Waals surface area contributed by atoms with Crippen LogP contribution in [-0.2, 0) is 9.53 Å². The molecular weight excluding hydrogens is 488 g/mol. The van der Waals surface area contributed by atoms with Crippen LogP contribution < -0.4 is 0 Å². The van der Waals surface area contributed by atoms with E-state index in [0.717, 1.165) is 55.8 Å². The largest absolute Gasteiger partial charge is 0.462 e. The van der Waals surface area contributed by atoms with Gasteiger partial charge in [0, 0.05) is 12.8 Å². The molecule has 2 aliphatic carbocycles. The second-order valence-electron chi connectivity index (χ2n) is 15.3. The summed E-state index contributed by atoms with van der Waals surface area (Å²) in [5.41, 5.74) is 2.09. The number of ether oxygens (including phenoxy) is 1. The summed E-state index contributed by atoms with van der Waals surface area (Å²) in [6, 6.07) is 0. The summed E-state index contributed by atoms with van der Waals surface area (Å²) in [7, 11) is 0. The van der Waals surface area contributed by atoms with Gasteiger partial charge in [0.05, 0.1) is 0 Å². The van der Waals surface area contributed by atoms with Crippen molar-refractivity contribution in [3.63, 3.8) is 0 Å². The molecule has 234 valence electrons. The average Bonchev–Trinajstić information content (AvgIpc) is 3.30. The maximum Gasteiger partial charge on any atom is 0.306 e. The third kappa shape index (κ3) is 12.6. The summed E-state index contributed by atoms with van der Waals surface area (Å²) in [4.78, 5) is 12.5. The van der Waals surface area contributed by atoms with Crippen LogP contribution >= 0.6 is 0 Å². The van der Waals surface area contributed by atoms with Gasteiger partial charge in [0.2, 0.25) is 0 Å². The number of allylic oxidation sites excluding steroid dienone is 1. The lowest BCUT2D eigenvalue weighted by Gasteiger charge is -2.37. The van der Waals surface area contributed by atoms with E-state index >= 15 is 0 Å². The van der Waals surface area contributed by atoms with E-state index in [1.165, 1.54) is 83.5 Å². The molecule has 0 radical (unpaired) electrons. The maximum atomic E-state index is 12.5. The lowest BCUT2D eigenvalue weighted by molar-refractivity contribution is -0.150. The number of hydrogen-bond donors (Lipinski definition) is 0. The summed E-state index contributed by atoms with van der Waals surface area (Å²) in [6.45, 7) is 19.5. The van der Waals surface area contributed by atoms with Crippen molar-refractivity contribution in [2.45, 2.75) is 183 Å². The van der Waals surface area contributed by atoms with Gasteiger partial charge in [-0.3, -0.25) is 4.79 Å². The molecule has 0 heterocycles. The molecule has 40 heavy (non-hydrogen) atoms. The van der Waals surface area contributed by atoms with Crippen molar-refractivity contribution in [3.05, 3.63) is 11.6 Å². The first kappa shape index (κ1) is 35.4. The normalized spacial score (nSPS) is 28.6. The number of rotatable bonds is 19. The second kappa shape index (κ2) is 18.7. The van der Waals surface area contributed by atoms with Crippen LogP contribution in [0.15, 0.2) is 11.6 Å². The fourth-order valence-electron chi connectivity index (χ4n) is 7.87. The molecule has 0 N–H and O–H groups in total. The molecule has 2 aliphatic rings. The van der Waals surface area contributed by atoms with Crippen LogP contribution in [-0.4, -0.2) is 12.1 Å². The van der Waals surface area contributed by atoms with Gasteiger partial charge < -0.3 is 4.74 Å². The molecule has 2 rings (SSSR count). The Balaban J connectivity index is 1.76. The second-order valence-corrected chi connectivity index (χ2v) is 15.3. The lowest BCUT2D eigenvalue weighted by Crippen LogP contribution is -2.28. The Labute approximate surface area is 251 Å². The molecule has 0 bridgehead atoms. The summed E-state index contributed by atoms with van der Waals surface area (Å²) in [6.07, 6.45) is 26.2. The highest BCUT2D eigenvalue weighted by Crippen LogP contribution is 2.51. The smallest absolute Gasteiger partial charge is 0.306 e. The molecule has 0 aliphatic heterocycles. The first-order chi connectivity index (χ1) is 19.1. The monoisotopic (exact) mass is 559 g/mol. The molecule has 7 atom stereocenters. The highest BCUT2D eigenvalue weighted by Gasteiger charge is 2.41. The maximum absolute atomic E-state index is 12.5. The minimum Gasteiger partial charge on any atom is -0.462 e. The Morgan fingerprint density at radius 1 is 0.925 bits per heavy atom. The van der Waals surface area contributed by atoms with E-state index in [2.05, 4.69) is 61.5 Å². The van der Waals surface area contributed by atoms with Crippen molar-refractivity contribution in [1.29, 1.82) is 0 Å². The number of unbranched alkanes of at least 4 members (excludes halogenated alkanes) is 5. The van der Waals surface area contributed by atoms with Crippen LogP contribution in [0.3, 0.4) is 0 Å². The predicted molar refractivity (Wildman–Crippen MR) is 174 cm³/mol. The van der Waals surface area contributed by atoms with E-state index in [0.29, 0.717) is 23.7 Å². The molecule has 0 aromatic heterocycles. The van der Waals surface area contributed by atoms with E-state index < -0.39 is 0 Å². The van der Waals surface area contributed by atoms with Crippen LogP contribution in [0.5, 0.6) is 0 Å². The van der Waals surface area contributed by atoms with Gasteiger partial charge >= 0.3 is 5.97 Å². The molecule has 2 nitrogen and oxygen atoms in total. The first-order valence-electron chi connectivity index (χ1n) is 17.9. The highest BCUT2D eigenvalue weighted by molar-refractivity contribution is 5.69. The van der Waals surface area contributed by atoms with Crippen molar-refractivity contribution >= 4 is 5.97 Å². The SMILES string of the molecule is CCCCCCCCC(=O)O[C@H]1CC[C@@H](C)/C(=C\C[C@H](C)C(C)CC[C@@]2(C)CCC[C@@H]2[C@H](C)CCCC(C)C)C1. The molecule has 2 saturated carbocycles. The van der Waals surface area contributed by atoms with Gasteiger partial charge in [-0.2, -0.15) is 0 Å². The molecule has 0 aromatic carbocycles. The molecule has 0 amide bonds. The van der Waals surface area contributed by atoms with Crippen molar-refractivity contribution in [3.8, 4) is 0 Å². The Morgan fingerprint density at radius 3 is 2.38 bits per heavy atom. The third-order valence-corrected chi connectivity index (χ3v) is 11.2. The van der Waals surface area contributed by atoms with Crippen LogP contribution in [0.25, 0.3) is 0 Å². The van der Waals surface area contributed by atoms with Crippen LogP contribution in [0, 0.1) is 40.9 Å². The van der Waals surface area contributed by atoms with E-state index in [1.807, 2.05) is 0 Å². The first-order valence-corrected chi connectivity index (χ1v) is 17.9. The van der Waals surface area contributed by atoms with Crippen LogP contribution in [0.4, 0.5) is 0 Å². The number of carbonyl (C=O) groups is 1. The molecule has 0 spiro atoms. The fraction of sp³-hybridized carbons (Fsp3) is 0.921. The topological polar surface area (TPSA) is 26.3 Å². The average molecular weight is 559 g/mol. The molecule has 2 fully saturated rings. The van der Waals surface area contributed by atoms with Gasteiger partial charge in [0.25, 0.3) is 0 Å². The minimum absolute atomic E-state index is 0.0318. The quantitative estimate of drug-likeness (QED) is 0.0895. The Kier molecular flexibility index (Phi) is 16.5. The standard InChI is InChI=1S/C38H70O2/c1-9-10-11-12-13-14-20-37(39)40-35-24-22-32(6)34(28-35)23-21-30(4)31(5)25-27-38(8)26-16-19-36(38)33(7)18-15-17-29(2)3/h23,29-33,35-36H,9-22,24-28H2,1-8H3/b34-23-/t30-,31?,32+,33+,35-,36+,38+/m0/s1. The summed E-state index contributed by atoms with van der Waals surface area (Å²) < 4.78 is 5.94. The van der Waals surface area contributed by atoms with Crippen molar-refractivity contribution < 1.29 is 9.53 Å². The Bertz CT molecular complexity index is 723. The van der Waals surface area contributed by atoms with E-state index in [4.69, 9.17) is 4.74 Å². The highest BCUT2D eigenvalue weighted by atomic mass is 16.5. The molecule has 1 unspecified atom stereocenters. The van der Waals surface area contributed by atoms with Gasteiger partial charge in [0.1, 0.15) is 6.10 Å². The number of esters is 1. The lowest BCUT2D eigenvalue weighted by atomic mass is 9.68. The van der Waals surface area contributed by atoms with E-state index in [1.54, 1.807) is 5.57 Å². The molecule has 0 saturated heterocycles. The zero-order valence-electron chi connectivity index (χ0n) is 28.4. The van der Waals surface area contributed by atoms with E-state index in [9.17, 15) is 4.79 Å². The predicted octanol–water partition coefficient (Wildman–Crippen LogP) is 12.1. The molecule has 0 aromatic rings. The van der Waals surface area contributed by atoms with Gasteiger partial charge in [-0.1, -0.05) is 125 Å². The minimum atomic E-state index is 0.0318. The Morgan fingerprint density at radius 2 is 1.65 bits per heavy atom. The molecular formula is C38H70O2. The summed E-state index contributed by atoms with van der Waals surface area (Å²) in [5, 5.41) is 0. The van der Waals surface area contributed by atoms with Gasteiger partial charge in [-0.05, 0) is 92.3 Å². The fourth-order valence-corrected chi connectivity index (χ4v) is 7.87. The van der Waals surface area contributed by atoms with E-state index in [-0.39, 0.29) is 12.1 Å². The van der Waals surface area contributed by atoms with Crippen molar-refractivity contribution in [1.82, 2.24) is 0 Å². The van der Waals surface area contributed by atoms with Gasteiger partial charge in [-0.25, -0.2) is 0 Å². The van der Waals surface area contributed by atoms with Crippen LogP contribution in [0.1, 0.15) is 177 Å². The van der Waals surface area contributed by atoms with Crippen molar-refractivity contribution in [2.75, 3.05) is 0 Å². The van der Waals surface area contributed by atoms with Crippen LogP contribution in [0.2, 0.25) is 0 Å². The summed E-state index contributed by atoms with van der Waals surface area (Å²) >= 11 is 0. The van der Waals surface area contributed by atoms with Crippen molar-refractivity contribution in [2.24, 2.45) is 40.9 Å². The summed E-state index contributed by atoms with van der Waals surface area (Å²) in [5.74, 6) is 4.78. The van der Waals surface area contributed by atoms with Gasteiger partial charge in [-0.15, -0.1) is 0 Å². The Hall–Kier alpha value is -0.790. The number of carbonyl (C=O) groups excluding carboxylic acids is 1. The third-order valence-electron chi connectivity index (χ3n) is 11.2. The number of hydrogen-bond acceptors (Lipinski definition) is 2.